The lowest BCUT2D eigenvalue weighted by molar-refractivity contribution is -0.117. The van der Waals surface area contributed by atoms with Gasteiger partial charge in [-0.15, -0.1) is 0 Å². The Labute approximate surface area is 116 Å². The van der Waals surface area contributed by atoms with Gasteiger partial charge in [0, 0.05) is 12.1 Å². The minimum absolute atomic E-state index is 0.0367. The number of carboxylic acid groups (broad SMARTS) is 1. The second-order valence-corrected chi connectivity index (χ2v) is 4.67. The normalized spacial score (nSPS) is 11.9. The van der Waals surface area contributed by atoms with Crippen LogP contribution in [0.15, 0.2) is 18.2 Å². The van der Waals surface area contributed by atoms with Crippen LogP contribution in [0.4, 0.5) is 5.69 Å². The molecule has 0 aromatic heterocycles. The number of nitrogens with one attached hydrogen (secondary N) is 1. The molecule has 1 aromatic carbocycles. The van der Waals surface area contributed by atoms with E-state index in [1.54, 1.807) is 6.07 Å². The van der Waals surface area contributed by atoms with Crippen molar-refractivity contribution in [2.75, 3.05) is 11.9 Å². The first-order chi connectivity index (χ1) is 8.97. The number of carbonyl (C=O) groups excluding carboxylic acids is 1. The number of aromatic carboxylic acids is 1. The van der Waals surface area contributed by atoms with Crippen molar-refractivity contribution in [2.45, 2.75) is 19.8 Å². The Hall–Kier alpha value is -1.59. The maximum Gasteiger partial charge on any atom is 0.337 e. The Morgan fingerprint density at radius 2 is 2.16 bits per heavy atom. The zero-order chi connectivity index (χ0) is 14.4. The summed E-state index contributed by atoms with van der Waals surface area (Å²) in [6.45, 7) is 2.42. The molecule has 0 saturated carbocycles. The van der Waals surface area contributed by atoms with Gasteiger partial charge in [-0.1, -0.05) is 24.9 Å². The molecule has 0 aliphatic carbocycles. The SMILES string of the molecule is CCC(CN)CC(=O)Nc1ccc(Cl)c(C(=O)O)c1. The summed E-state index contributed by atoms with van der Waals surface area (Å²) < 4.78 is 0. The first-order valence-corrected chi connectivity index (χ1v) is 6.38. The highest BCUT2D eigenvalue weighted by Crippen LogP contribution is 2.21. The molecular weight excluding hydrogens is 268 g/mol. The number of hydrogen-bond acceptors (Lipinski definition) is 3. The molecular formula is C13H17ClN2O3. The van der Waals surface area contributed by atoms with Crippen molar-refractivity contribution in [1.29, 1.82) is 0 Å². The third-order valence-electron chi connectivity index (χ3n) is 2.87. The second kappa shape index (κ2) is 7.11. The Morgan fingerprint density at radius 1 is 1.47 bits per heavy atom. The molecule has 19 heavy (non-hydrogen) atoms. The van der Waals surface area contributed by atoms with Gasteiger partial charge < -0.3 is 16.2 Å². The fourth-order valence-electron chi connectivity index (χ4n) is 1.64. The molecule has 0 aliphatic heterocycles. The van der Waals surface area contributed by atoms with Gasteiger partial charge in [0.15, 0.2) is 0 Å². The molecule has 0 bridgehead atoms. The van der Waals surface area contributed by atoms with Crippen LogP contribution < -0.4 is 11.1 Å². The molecule has 1 atom stereocenters. The van der Waals surface area contributed by atoms with Crippen LogP contribution in [0.1, 0.15) is 30.1 Å². The van der Waals surface area contributed by atoms with Gasteiger partial charge in [0.25, 0.3) is 0 Å². The molecule has 0 fully saturated rings. The molecule has 1 amide bonds. The number of anilines is 1. The van der Waals surface area contributed by atoms with E-state index < -0.39 is 5.97 Å². The van der Waals surface area contributed by atoms with Crippen molar-refractivity contribution >= 4 is 29.2 Å². The van der Waals surface area contributed by atoms with Crippen LogP contribution in [0.2, 0.25) is 5.02 Å². The summed E-state index contributed by atoms with van der Waals surface area (Å²) in [5.41, 5.74) is 5.91. The standard InChI is InChI=1S/C13H17ClN2O3/c1-2-8(7-15)5-12(17)16-9-3-4-11(14)10(6-9)13(18)19/h3-4,6,8H,2,5,7,15H2,1H3,(H,16,17)(H,18,19). The van der Waals surface area contributed by atoms with Gasteiger partial charge in [0.2, 0.25) is 5.91 Å². The molecule has 1 rings (SSSR count). The van der Waals surface area contributed by atoms with Crippen molar-refractivity contribution in [3.63, 3.8) is 0 Å². The lowest BCUT2D eigenvalue weighted by atomic mass is 10.0. The van der Waals surface area contributed by atoms with E-state index in [-0.39, 0.29) is 22.4 Å². The Balaban J connectivity index is 2.74. The first-order valence-electron chi connectivity index (χ1n) is 6.00. The van der Waals surface area contributed by atoms with E-state index in [4.69, 9.17) is 22.4 Å². The van der Waals surface area contributed by atoms with Gasteiger partial charge >= 0.3 is 5.97 Å². The molecule has 0 spiro atoms. The second-order valence-electron chi connectivity index (χ2n) is 4.26. The van der Waals surface area contributed by atoms with Gasteiger partial charge in [0.05, 0.1) is 10.6 Å². The zero-order valence-corrected chi connectivity index (χ0v) is 11.4. The first kappa shape index (κ1) is 15.5. The van der Waals surface area contributed by atoms with E-state index in [1.807, 2.05) is 6.92 Å². The van der Waals surface area contributed by atoms with E-state index in [0.717, 1.165) is 6.42 Å². The number of halogens is 1. The topological polar surface area (TPSA) is 92.4 Å². The van der Waals surface area contributed by atoms with Crippen molar-refractivity contribution in [1.82, 2.24) is 0 Å². The molecule has 104 valence electrons. The summed E-state index contributed by atoms with van der Waals surface area (Å²) in [5, 5.41) is 11.7. The maximum atomic E-state index is 11.8. The highest BCUT2D eigenvalue weighted by Gasteiger charge is 2.13. The quantitative estimate of drug-likeness (QED) is 0.747. The molecule has 0 heterocycles. The summed E-state index contributed by atoms with van der Waals surface area (Å²) in [7, 11) is 0. The average molecular weight is 285 g/mol. The minimum Gasteiger partial charge on any atom is -0.478 e. The van der Waals surface area contributed by atoms with Crippen LogP contribution >= 0.6 is 11.6 Å². The van der Waals surface area contributed by atoms with Crippen LogP contribution in [0, 0.1) is 5.92 Å². The predicted molar refractivity (Wildman–Crippen MR) is 74.5 cm³/mol. The molecule has 0 saturated heterocycles. The number of amides is 1. The van der Waals surface area contributed by atoms with Gasteiger partial charge in [-0.05, 0) is 30.7 Å². The summed E-state index contributed by atoms with van der Waals surface area (Å²) in [4.78, 5) is 22.7. The van der Waals surface area contributed by atoms with E-state index in [2.05, 4.69) is 5.32 Å². The number of benzene rings is 1. The summed E-state index contributed by atoms with van der Waals surface area (Å²) in [6, 6.07) is 4.35. The fourth-order valence-corrected chi connectivity index (χ4v) is 1.83. The summed E-state index contributed by atoms with van der Waals surface area (Å²) >= 11 is 5.75. The summed E-state index contributed by atoms with van der Waals surface area (Å²) in [5.74, 6) is -1.18. The molecule has 5 nitrogen and oxygen atoms in total. The van der Waals surface area contributed by atoms with Crippen LogP contribution in [0.25, 0.3) is 0 Å². The number of carbonyl (C=O) groups is 2. The van der Waals surface area contributed by atoms with Gasteiger partial charge in [-0.3, -0.25) is 4.79 Å². The highest BCUT2D eigenvalue weighted by atomic mass is 35.5. The van der Waals surface area contributed by atoms with E-state index >= 15 is 0 Å². The van der Waals surface area contributed by atoms with Gasteiger partial charge in [-0.25, -0.2) is 4.79 Å². The molecule has 6 heteroatoms. The Morgan fingerprint density at radius 3 is 2.68 bits per heavy atom. The third-order valence-corrected chi connectivity index (χ3v) is 3.19. The number of nitrogens with two attached hydrogens (primary N) is 1. The van der Waals surface area contributed by atoms with Crippen molar-refractivity contribution < 1.29 is 14.7 Å². The molecule has 0 aliphatic rings. The zero-order valence-electron chi connectivity index (χ0n) is 10.6. The fraction of sp³-hybridized carbons (Fsp3) is 0.385. The Bertz CT molecular complexity index is 473. The third kappa shape index (κ3) is 4.54. The summed E-state index contributed by atoms with van der Waals surface area (Å²) in [6.07, 6.45) is 1.14. The number of carboxylic acids is 1. The molecule has 4 N–H and O–H groups in total. The van der Waals surface area contributed by atoms with Crippen molar-refractivity contribution in [3.8, 4) is 0 Å². The average Bonchev–Trinajstić information content (AvgIpc) is 2.37. The van der Waals surface area contributed by atoms with Crippen molar-refractivity contribution in [2.24, 2.45) is 11.7 Å². The predicted octanol–water partition coefficient (Wildman–Crippen LogP) is 2.35. The lowest BCUT2D eigenvalue weighted by Crippen LogP contribution is -2.21. The van der Waals surface area contributed by atoms with E-state index in [1.165, 1.54) is 12.1 Å². The number of hydrogen-bond donors (Lipinski definition) is 3. The lowest BCUT2D eigenvalue weighted by Gasteiger charge is -2.12. The van der Waals surface area contributed by atoms with Crippen LogP contribution in [0.3, 0.4) is 0 Å². The number of rotatable bonds is 6. The van der Waals surface area contributed by atoms with E-state index in [9.17, 15) is 9.59 Å². The monoisotopic (exact) mass is 284 g/mol. The largest absolute Gasteiger partial charge is 0.478 e. The van der Waals surface area contributed by atoms with Crippen LogP contribution in [-0.4, -0.2) is 23.5 Å². The van der Waals surface area contributed by atoms with Gasteiger partial charge in [0.1, 0.15) is 0 Å². The van der Waals surface area contributed by atoms with E-state index in [0.29, 0.717) is 18.7 Å². The smallest absolute Gasteiger partial charge is 0.337 e. The highest BCUT2D eigenvalue weighted by molar-refractivity contribution is 6.33. The maximum absolute atomic E-state index is 11.8. The molecule has 0 radical (unpaired) electrons. The molecule has 1 aromatic rings. The van der Waals surface area contributed by atoms with Crippen LogP contribution in [0.5, 0.6) is 0 Å². The van der Waals surface area contributed by atoms with Gasteiger partial charge in [-0.2, -0.15) is 0 Å². The van der Waals surface area contributed by atoms with Crippen molar-refractivity contribution in [3.05, 3.63) is 28.8 Å². The Kier molecular flexibility index (Phi) is 5.79. The van der Waals surface area contributed by atoms with Crippen LogP contribution in [-0.2, 0) is 4.79 Å². The molecule has 1 unspecified atom stereocenters. The minimum atomic E-state index is -1.13.